The molecular formula is C18H23N3O2. The minimum atomic E-state index is -1.18. The molecule has 2 aromatic rings. The molecular weight excluding hydrogens is 290 g/mol. The second-order valence-corrected chi connectivity index (χ2v) is 6.01. The molecule has 1 heterocycles. The molecule has 0 aliphatic carbocycles. The number of amides is 1. The number of pyridine rings is 1. The predicted octanol–water partition coefficient (Wildman–Crippen LogP) is 2.06. The standard InChI is InChI=1S/C18H23N3O2/c1-18(23,15-7-5-4-6-8-15)12-17(22)20-13-14-9-10-19-16(11-14)21(2)3/h4-11,23H,12-13H2,1-3H3,(H,20,22). The Morgan fingerprint density at radius 2 is 1.96 bits per heavy atom. The van der Waals surface area contributed by atoms with Gasteiger partial charge in [-0.15, -0.1) is 0 Å². The Hall–Kier alpha value is -2.40. The third-order valence-corrected chi connectivity index (χ3v) is 3.66. The van der Waals surface area contributed by atoms with Crippen LogP contribution < -0.4 is 10.2 Å². The topological polar surface area (TPSA) is 65.5 Å². The molecule has 1 amide bonds. The van der Waals surface area contributed by atoms with E-state index in [0.717, 1.165) is 16.9 Å². The minimum Gasteiger partial charge on any atom is -0.385 e. The molecule has 5 nitrogen and oxygen atoms in total. The zero-order valence-corrected chi connectivity index (χ0v) is 13.8. The number of nitrogens with one attached hydrogen (secondary N) is 1. The van der Waals surface area contributed by atoms with Gasteiger partial charge in [0, 0.05) is 26.8 Å². The van der Waals surface area contributed by atoms with Crippen molar-refractivity contribution in [3.63, 3.8) is 0 Å². The van der Waals surface area contributed by atoms with Crippen LogP contribution in [-0.2, 0) is 16.9 Å². The van der Waals surface area contributed by atoms with Gasteiger partial charge in [-0.05, 0) is 30.2 Å². The zero-order chi connectivity index (χ0) is 16.9. The fourth-order valence-corrected chi connectivity index (χ4v) is 2.29. The number of nitrogens with zero attached hydrogens (tertiary/aromatic N) is 2. The summed E-state index contributed by atoms with van der Waals surface area (Å²) >= 11 is 0. The molecule has 0 saturated carbocycles. The SMILES string of the molecule is CN(C)c1cc(CNC(=O)CC(C)(O)c2ccccc2)ccn1. The van der Waals surface area contributed by atoms with Crippen LogP contribution in [0.25, 0.3) is 0 Å². The fraction of sp³-hybridized carbons (Fsp3) is 0.333. The van der Waals surface area contributed by atoms with Crippen molar-refractivity contribution in [2.75, 3.05) is 19.0 Å². The molecule has 0 aliphatic rings. The van der Waals surface area contributed by atoms with Crippen molar-refractivity contribution in [2.24, 2.45) is 0 Å². The van der Waals surface area contributed by atoms with Gasteiger partial charge in [-0.2, -0.15) is 0 Å². The molecule has 23 heavy (non-hydrogen) atoms. The van der Waals surface area contributed by atoms with Crippen molar-refractivity contribution in [2.45, 2.75) is 25.5 Å². The smallest absolute Gasteiger partial charge is 0.223 e. The van der Waals surface area contributed by atoms with Crippen LogP contribution in [0.15, 0.2) is 48.7 Å². The second-order valence-electron chi connectivity index (χ2n) is 6.01. The van der Waals surface area contributed by atoms with E-state index in [1.54, 1.807) is 13.1 Å². The molecule has 2 rings (SSSR count). The highest BCUT2D eigenvalue weighted by molar-refractivity contribution is 5.77. The maximum Gasteiger partial charge on any atom is 0.223 e. The van der Waals surface area contributed by atoms with E-state index in [2.05, 4.69) is 10.3 Å². The normalized spacial score (nSPS) is 13.2. The van der Waals surface area contributed by atoms with Gasteiger partial charge in [-0.25, -0.2) is 4.98 Å². The number of carbonyl (C=O) groups excluding carboxylic acids is 1. The van der Waals surface area contributed by atoms with Gasteiger partial charge in [0.25, 0.3) is 0 Å². The summed E-state index contributed by atoms with van der Waals surface area (Å²) in [7, 11) is 3.84. The summed E-state index contributed by atoms with van der Waals surface area (Å²) in [5.41, 5.74) is 0.517. The molecule has 0 spiro atoms. The lowest BCUT2D eigenvalue weighted by Crippen LogP contribution is -2.32. The summed E-state index contributed by atoms with van der Waals surface area (Å²) < 4.78 is 0. The Balaban J connectivity index is 1.94. The van der Waals surface area contributed by atoms with E-state index >= 15 is 0 Å². The van der Waals surface area contributed by atoms with Crippen molar-refractivity contribution in [1.29, 1.82) is 0 Å². The molecule has 1 atom stereocenters. The first-order valence-corrected chi connectivity index (χ1v) is 7.55. The van der Waals surface area contributed by atoms with Crippen LogP contribution in [0.2, 0.25) is 0 Å². The first kappa shape index (κ1) is 17.0. The Morgan fingerprint density at radius 3 is 2.61 bits per heavy atom. The molecule has 1 aromatic carbocycles. The first-order chi connectivity index (χ1) is 10.9. The number of carbonyl (C=O) groups is 1. The summed E-state index contributed by atoms with van der Waals surface area (Å²) in [6.07, 6.45) is 1.74. The Bertz CT molecular complexity index is 654. The number of aliphatic hydroxyl groups is 1. The lowest BCUT2D eigenvalue weighted by molar-refractivity contribution is -0.126. The highest BCUT2D eigenvalue weighted by Gasteiger charge is 2.26. The lowest BCUT2D eigenvalue weighted by atomic mass is 9.92. The lowest BCUT2D eigenvalue weighted by Gasteiger charge is -2.23. The average molecular weight is 313 g/mol. The van der Waals surface area contributed by atoms with Crippen LogP contribution in [0.5, 0.6) is 0 Å². The number of rotatable bonds is 6. The Morgan fingerprint density at radius 1 is 1.26 bits per heavy atom. The van der Waals surface area contributed by atoms with Crippen molar-refractivity contribution < 1.29 is 9.90 Å². The molecule has 0 aliphatic heterocycles. The second kappa shape index (κ2) is 7.24. The van der Waals surface area contributed by atoms with Crippen molar-refractivity contribution in [3.8, 4) is 0 Å². The van der Waals surface area contributed by atoms with Crippen LogP contribution in [0.1, 0.15) is 24.5 Å². The summed E-state index contributed by atoms with van der Waals surface area (Å²) in [5, 5.41) is 13.3. The van der Waals surface area contributed by atoms with Crippen LogP contribution in [0.3, 0.4) is 0 Å². The summed E-state index contributed by atoms with van der Waals surface area (Å²) in [6.45, 7) is 2.06. The van der Waals surface area contributed by atoms with E-state index in [1.165, 1.54) is 0 Å². The molecule has 1 unspecified atom stereocenters. The Labute approximate surface area is 137 Å². The average Bonchev–Trinajstić information content (AvgIpc) is 2.53. The zero-order valence-electron chi connectivity index (χ0n) is 13.8. The molecule has 0 saturated heterocycles. The van der Waals surface area contributed by atoms with E-state index in [-0.39, 0.29) is 12.3 Å². The van der Waals surface area contributed by atoms with E-state index in [4.69, 9.17) is 0 Å². The van der Waals surface area contributed by atoms with Crippen molar-refractivity contribution >= 4 is 11.7 Å². The number of benzene rings is 1. The number of hydrogen-bond acceptors (Lipinski definition) is 4. The van der Waals surface area contributed by atoms with Crippen molar-refractivity contribution in [1.82, 2.24) is 10.3 Å². The van der Waals surface area contributed by atoms with Gasteiger partial charge < -0.3 is 15.3 Å². The number of aromatic nitrogens is 1. The van der Waals surface area contributed by atoms with Gasteiger partial charge in [0.15, 0.2) is 0 Å². The van der Waals surface area contributed by atoms with Crippen molar-refractivity contribution in [3.05, 3.63) is 59.8 Å². The highest BCUT2D eigenvalue weighted by atomic mass is 16.3. The van der Waals surface area contributed by atoms with Gasteiger partial charge >= 0.3 is 0 Å². The van der Waals surface area contributed by atoms with E-state index in [0.29, 0.717) is 6.54 Å². The highest BCUT2D eigenvalue weighted by Crippen LogP contribution is 2.23. The largest absolute Gasteiger partial charge is 0.385 e. The monoisotopic (exact) mass is 313 g/mol. The van der Waals surface area contributed by atoms with E-state index in [9.17, 15) is 9.90 Å². The molecule has 0 radical (unpaired) electrons. The van der Waals surface area contributed by atoms with Gasteiger partial charge in [-0.3, -0.25) is 4.79 Å². The fourth-order valence-electron chi connectivity index (χ4n) is 2.29. The quantitative estimate of drug-likeness (QED) is 0.857. The predicted molar refractivity (Wildman–Crippen MR) is 91.0 cm³/mol. The third kappa shape index (κ3) is 4.79. The molecule has 0 fully saturated rings. The molecule has 122 valence electrons. The van der Waals surface area contributed by atoms with Crippen LogP contribution in [0.4, 0.5) is 5.82 Å². The van der Waals surface area contributed by atoms with Gasteiger partial charge in [0.1, 0.15) is 5.82 Å². The van der Waals surface area contributed by atoms with Crippen LogP contribution >= 0.6 is 0 Å². The van der Waals surface area contributed by atoms with E-state index in [1.807, 2.05) is 61.5 Å². The van der Waals surface area contributed by atoms with Gasteiger partial charge in [-0.1, -0.05) is 30.3 Å². The Kier molecular flexibility index (Phi) is 5.34. The molecule has 5 heteroatoms. The van der Waals surface area contributed by atoms with Crippen LogP contribution in [0, 0.1) is 0 Å². The summed E-state index contributed by atoms with van der Waals surface area (Å²) in [4.78, 5) is 18.3. The maximum absolute atomic E-state index is 12.1. The summed E-state index contributed by atoms with van der Waals surface area (Å²) in [5.74, 6) is 0.648. The van der Waals surface area contributed by atoms with Gasteiger partial charge in [0.2, 0.25) is 5.91 Å². The molecule has 2 N–H and O–H groups in total. The van der Waals surface area contributed by atoms with Gasteiger partial charge in [0.05, 0.1) is 12.0 Å². The number of hydrogen-bond donors (Lipinski definition) is 2. The minimum absolute atomic E-state index is 0.0165. The van der Waals surface area contributed by atoms with Crippen LogP contribution in [-0.4, -0.2) is 30.1 Å². The molecule has 0 bridgehead atoms. The van der Waals surface area contributed by atoms with E-state index < -0.39 is 5.60 Å². The third-order valence-electron chi connectivity index (χ3n) is 3.66. The number of anilines is 1. The first-order valence-electron chi connectivity index (χ1n) is 7.55. The maximum atomic E-state index is 12.1. The summed E-state index contributed by atoms with van der Waals surface area (Å²) in [6, 6.07) is 13.0. The molecule has 1 aromatic heterocycles.